The third kappa shape index (κ3) is 3.95. The molecule has 3 rings (SSSR count). The number of hydrogen-bond acceptors (Lipinski definition) is 5. The van der Waals surface area contributed by atoms with Crippen molar-refractivity contribution in [2.24, 2.45) is 0 Å². The average molecular weight is 306 g/mol. The van der Waals surface area contributed by atoms with Crippen molar-refractivity contribution < 1.29 is 9.15 Å². The predicted molar refractivity (Wildman–Crippen MR) is 84.6 cm³/mol. The van der Waals surface area contributed by atoms with Crippen molar-refractivity contribution in [2.45, 2.75) is 19.5 Å². The van der Waals surface area contributed by atoms with Gasteiger partial charge >= 0.3 is 0 Å². The van der Waals surface area contributed by atoms with Crippen LogP contribution < -0.4 is 5.32 Å². The minimum absolute atomic E-state index is 0.280. The summed E-state index contributed by atoms with van der Waals surface area (Å²) in [4.78, 5) is 3.81. The number of ether oxygens (including phenoxy) is 1. The summed E-state index contributed by atoms with van der Waals surface area (Å²) in [6.45, 7) is 7.35. The zero-order valence-electron chi connectivity index (χ0n) is 12.4. The summed E-state index contributed by atoms with van der Waals surface area (Å²) in [6.07, 6.45) is 0. The van der Waals surface area contributed by atoms with Gasteiger partial charge in [0.1, 0.15) is 11.5 Å². The maximum absolute atomic E-state index is 5.87. The van der Waals surface area contributed by atoms with Gasteiger partial charge in [-0.2, -0.15) is 0 Å². The molecule has 1 saturated heterocycles. The summed E-state index contributed by atoms with van der Waals surface area (Å²) in [5.41, 5.74) is 0. The van der Waals surface area contributed by atoms with E-state index in [1.165, 1.54) is 4.88 Å². The summed E-state index contributed by atoms with van der Waals surface area (Å²) in [7, 11) is 0. The van der Waals surface area contributed by atoms with E-state index >= 15 is 0 Å². The first kappa shape index (κ1) is 14.8. The van der Waals surface area contributed by atoms with Crippen molar-refractivity contribution in [3.8, 4) is 0 Å². The molecule has 0 radical (unpaired) electrons. The molecular formula is C16H22N2O2S. The Balaban J connectivity index is 1.63. The molecule has 1 unspecified atom stereocenters. The number of nitrogens with one attached hydrogen (secondary N) is 1. The van der Waals surface area contributed by atoms with Crippen LogP contribution in [0.25, 0.3) is 0 Å². The first-order chi connectivity index (χ1) is 10.3. The highest BCUT2D eigenvalue weighted by atomic mass is 32.1. The fourth-order valence-corrected chi connectivity index (χ4v) is 3.35. The first-order valence-corrected chi connectivity index (χ1v) is 8.32. The average Bonchev–Trinajstić information content (AvgIpc) is 3.16. The van der Waals surface area contributed by atoms with Gasteiger partial charge in [0.25, 0.3) is 0 Å². The minimum Gasteiger partial charge on any atom is -0.465 e. The van der Waals surface area contributed by atoms with Crippen LogP contribution in [-0.2, 0) is 11.3 Å². The van der Waals surface area contributed by atoms with Crippen molar-refractivity contribution in [1.82, 2.24) is 10.2 Å². The molecule has 1 aliphatic rings. The van der Waals surface area contributed by atoms with E-state index in [0.29, 0.717) is 0 Å². The minimum atomic E-state index is 0.280. The fraction of sp³-hybridized carbons (Fsp3) is 0.500. The molecule has 3 heterocycles. The lowest BCUT2D eigenvalue weighted by atomic mass is 10.1. The zero-order chi connectivity index (χ0) is 14.5. The van der Waals surface area contributed by atoms with E-state index in [9.17, 15) is 0 Å². The van der Waals surface area contributed by atoms with Gasteiger partial charge < -0.3 is 14.5 Å². The number of nitrogens with zero attached hydrogens (tertiary/aromatic N) is 1. The maximum atomic E-state index is 5.87. The molecule has 0 amide bonds. The van der Waals surface area contributed by atoms with E-state index in [2.05, 4.69) is 33.8 Å². The van der Waals surface area contributed by atoms with Gasteiger partial charge in [-0.3, -0.25) is 4.90 Å². The molecule has 0 bridgehead atoms. The predicted octanol–water partition coefficient (Wildman–Crippen LogP) is 2.81. The largest absolute Gasteiger partial charge is 0.465 e. The van der Waals surface area contributed by atoms with Gasteiger partial charge in [-0.15, -0.1) is 11.3 Å². The molecule has 0 spiro atoms. The molecule has 114 valence electrons. The highest BCUT2D eigenvalue weighted by Crippen LogP contribution is 2.23. The summed E-state index contributed by atoms with van der Waals surface area (Å²) in [5.74, 6) is 2.02. The molecule has 0 saturated carbocycles. The summed E-state index contributed by atoms with van der Waals surface area (Å²) in [6, 6.07) is 8.68. The molecule has 0 aromatic carbocycles. The Kier molecular flexibility index (Phi) is 5.08. The Hall–Kier alpha value is -1.14. The first-order valence-electron chi connectivity index (χ1n) is 7.44. The van der Waals surface area contributed by atoms with Gasteiger partial charge in [0.2, 0.25) is 0 Å². The molecule has 2 aromatic heterocycles. The van der Waals surface area contributed by atoms with Gasteiger partial charge in [-0.1, -0.05) is 6.07 Å². The maximum Gasteiger partial charge on any atom is 0.122 e. The van der Waals surface area contributed by atoms with Crippen LogP contribution in [0.15, 0.2) is 34.1 Å². The molecule has 0 aliphatic carbocycles. The molecule has 21 heavy (non-hydrogen) atoms. The smallest absolute Gasteiger partial charge is 0.122 e. The summed E-state index contributed by atoms with van der Waals surface area (Å²) >= 11 is 1.79. The Morgan fingerprint density at radius 2 is 2.14 bits per heavy atom. The number of aryl methyl sites for hydroxylation is 1. The van der Waals surface area contributed by atoms with Crippen LogP contribution in [0.1, 0.15) is 22.4 Å². The highest BCUT2D eigenvalue weighted by Gasteiger charge is 2.24. The molecule has 2 aromatic rings. The van der Waals surface area contributed by atoms with Crippen LogP contribution in [0.5, 0.6) is 0 Å². The van der Waals surface area contributed by atoms with E-state index < -0.39 is 0 Å². The second-order valence-corrected chi connectivity index (χ2v) is 6.36. The molecule has 4 nitrogen and oxygen atoms in total. The SMILES string of the molecule is Cc1ccc(C(CNCc2cccs2)N2CCOCC2)o1. The number of rotatable bonds is 6. The lowest BCUT2D eigenvalue weighted by Gasteiger charge is -2.33. The number of hydrogen-bond donors (Lipinski definition) is 1. The van der Waals surface area contributed by atoms with E-state index in [1.54, 1.807) is 11.3 Å². The van der Waals surface area contributed by atoms with Crippen LogP contribution in [0, 0.1) is 6.92 Å². The van der Waals surface area contributed by atoms with Crippen molar-refractivity contribution in [1.29, 1.82) is 0 Å². The summed E-state index contributed by atoms with van der Waals surface area (Å²) < 4.78 is 11.3. The second kappa shape index (κ2) is 7.22. The van der Waals surface area contributed by atoms with Crippen molar-refractivity contribution in [2.75, 3.05) is 32.8 Å². The molecule has 1 N–H and O–H groups in total. The van der Waals surface area contributed by atoms with Gasteiger partial charge in [-0.25, -0.2) is 0 Å². The molecule has 1 fully saturated rings. The van der Waals surface area contributed by atoms with Gasteiger partial charge in [0.15, 0.2) is 0 Å². The van der Waals surface area contributed by atoms with Crippen molar-refractivity contribution >= 4 is 11.3 Å². The van der Waals surface area contributed by atoms with Crippen molar-refractivity contribution in [3.63, 3.8) is 0 Å². The Bertz CT molecular complexity index is 532. The second-order valence-electron chi connectivity index (χ2n) is 5.32. The van der Waals surface area contributed by atoms with Crippen LogP contribution in [0.3, 0.4) is 0 Å². The van der Waals surface area contributed by atoms with E-state index in [4.69, 9.17) is 9.15 Å². The Morgan fingerprint density at radius 3 is 2.81 bits per heavy atom. The van der Waals surface area contributed by atoms with Crippen LogP contribution >= 0.6 is 11.3 Å². The number of morpholine rings is 1. The highest BCUT2D eigenvalue weighted by molar-refractivity contribution is 7.09. The van der Waals surface area contributed by atoms with Gasteiger partial charge in [-0.05, 0) is 30.5 Å². The quantitative estimate of drug-likeness (QED) is 0.890. The lowest BCUT2D eigenvalue weighted by molar-refractivity contribution is 0.0115. The number of furan rings is 1. The van der Waals surface area contributed by atoms with Crippen molar-refractivity contribution in [3.05, 3.63) is 46.0 Å². The van der Waals surface area contributed by atoms with Crippen LogP contribution in [0.4, 0.5) is 0 Å². The monoisotopic (exact) mass is 306 g/mol. The third-order valence-electron chi connectivity index (χ3n) is 3.79. The fourth-order valence-electron chi connectivity index (χ4n) is 2.68. The molecule has 1 atom stereocenters. The summed E-state index contributed by atoms with van der Waals surface area (Å²) in [5, 5.41) is 5.68. The lowest BCUT2D eigenvalue weighted by Crippen LogP contribution is -2.42. The Morgan fingerprint density at radius 1 is 1.29 bits per heavy atom. The number of thiophene rings is 1. The molecular weight excluding hydrogens is 284 g/mol. The normalized spacial score (nSPS) is 18.0. The van der Waals surface area contributed by atoms with E-state index in [0.717, 1.165) is 50.9 Å². The third-order valence-corrected chi connectivity index (χ3v) is 4.67. The molecule has 5 heteroatoms. The van der Waals surface area contributed by atoms with Crippen LogP contribution in [0.2, 0.25) is 0 Å². The van der Waals surface area contributed by atoms with E-state index in [1.807, 2.05) is 13.0 Å². The van der Waals surface area contributed by atoms with Gasteiger partial charge in [0, 0.05) is 31.1 Å². The molecule has 1 aliphatic heterocycles. The standard InChI is InChI=1S/C16H22N2O2S/c1-13-4-5-16(20-13)15(18-6-8-19-9-7-18)12-17-11-14-3-2-10-21-14/h2-5,10,15,17H,6-9,11-12H2,1H3. The Labute approximate surface area is 129 Å². The van der Waals surface area contributed by atoms with Crippen LogP contribution in [-0.4, -0.2) is 37.7 Å². The van der Waals surface area contributed by atoms with E-state index in [-0.39, 0.29) is 6.04 Å². The van der Waals surface area contributed by atoms with Gasteiger partial charge in [0.05, 0.1) is 19.3 Å². The zero-order valence-corrected chi connectivity index (χ0v) is 13.2. The topological polar surface area (TPSA) is 37.6 Å².